The number of nitro benzene ring substituents is 1. The predicted molar refractivity (Wildman–Crippen MR) is 101 cm³/mol. The lowest BCUT2D eigenvalue weighted by Gasteiger charge is -2.20. The number of hydrogen-bond acceptors (Lipinski definition) is 5. The third kappa shape index (κ3) is 2.54. The molecule has 0 aliphatic rings. The number of anilines is 1. The Bertz CT molecular complexity index is 1140. The molecule has 7 heteroatoms. The summed E-state index contributed by atoms with van der Waals surface area (Å²) in [7, 11) is 3.93. The van der Waals surface area contributed by atoms with Crippen LogP contribution in [0.25, 0.3) is 21.9 Å². The van der Waals surface area contributed by atoms with Crippen molar-refractivity contribution in [3.05, 3.63) is 70.7 Å². The van der Waals surface area contributed by atoms with E-state index in [1.807, 2.05) is 43.3 Å². The Kier molecular flexibility index (Phi) is 3.76. The second-order valence-electron chi connectivity index (χ2n) is 6.19. The quantitative estimate of drug-likeness (QED) is 0.416. The number of aromatic nitrogens is 3. The fraction of sp³-hybridized carbons (Fsp3) is 0.158. The van der Waals surface area contributed by atoms with Crippen LogP contribution in [0.15, 0.2) is 54.7 Å². The first-order valence-electron chi connectivity index (χ1n) is 8.20. The minimum absolute atomic E-state index is 0.0629. The van der Waals surface area contributed by atoms with E-state index in [0.29, 0.717) is 17.4 Å². The molecule has 26 heavy (non-hydrogen) atoms. The number of imidazole rings is 1. The maximum atomic E-state index is 11.3. The van der Waals surface area contributed by atoms with Crippen molar-refractivity contribution >= 4 is 33.3 Å². The molecule has 0 amide bonds. The molecule has 0 unspecified atom stereocenters. The summed E-state index contributed by atoms with van der Waals surface area (Å²) >= 11 is 0. The summed E-state index contributed by atoms with van der Waals surface area (Å²) in [5.74, 6) is 0.913. The molecule has 0 saturated carbocycles. The second kappa shape index (κ2) is 6.11. The molecule has 2 aromatic heterocycles. The molecule has 2 aromatic carbocycles. The molecule has 4 rings (SSSR count). The molecule has 0 aliphatic carbocycles. The van der Waals surface area contributed by atoms with Gasteiger partial charge in [0.25, 0.3) is 5.69 Å². The first-order valence-corrected chi connectivity index (χ1v) is 8.20. The van der Waals surface area contributed by atoms with Crippen molar-refractivity contribution in [1.29, 1.82) is 0 Å². The smallest absolute Gasteiger partial charge is 0.278 e. The van der Waals surface area contributed by atoms with Crippen LogP contribution in [0.4, 0.5) is 11.4 Å². The molecule has 0 bridgehead atoms. The van der Waals surface area contributed by atoms with Gasteiger partial charge in [-0.3, -0.25) is 15.1 Å². The summed E-state index contributed by atoms with van der Waals surface area (Å²) in [5.41, 5.74) is 3.53. The standard InChI is InChI=1S/C19H17N5O2/c1-22(12-18-21-14-7-3-4-8-16(14)23(18)2)17-10-9-15(24(25)26)13-6-5-11-20-19(13)17/h3-11H,12H2,1-2H3. The van der Waals surface area contributed by atoms with E-state index in [1.54, 1.807) is 24.4 Å². The number of nitrogens with zero attached hydrogens (tertiary/aromatic N) is 5. The van der Waals surface area contributed by atoms with E-state index in [1.165, 1.54) is 6.07 Å². The van der Waals surface area contributed by atoms with Crippen LogP contribution < -0.4 is 4.90 Å². The van der Waals surface area contributed by atoms with Crippen molar-refractivity contribution < 1.29 is 4.92 Å². The van der Waals surface area contributed by atoms with E-state index >= 15 is 0 Å². The lowest BCUT2D eigenvalue weighted by Crippen LogP contribution is -2.19. The molecule has 0 spiro atoms. The number of benzene rings is 2. The van der Waals surface area contributed by atoms with E-state index in [2.05, 4.69) is 9.55 Å². The second-order valence-corrected chi connectivity index (χ2v) is 6.19. The molecular weight excluding hydrogens is 330 g/mol. The van der Waals surface area contributed by atoms with Gasteiger partial charge in [0.05, 0.1) is 33.6 Å². The van der Waals surface area contributed by atoms with Gasteiger partial charge in [-0.15, -0.1) is 0 Å². The first-order chi connectivity index (χ1) is 12.6. The highest BCUT2D eigenvalue weighted by Crippen LogP contribution is 2.32. The number of rotatable bonds is 4. The zero-order valence-electron chi connectivity index (χ0n) is 14.5. The van der Waals surface area contributed by atoms with Crippen LogP contribution in [-0.2, 0) is 13.6 Å². The number of non-ortho nitro benzene ring substituents is 1. The fourth-order valence-electron chi connectivity index (χ4n) is 3.24. The van der Waals surface area contributed by atoms with Gasteiger partial charge in [-0.1, -0.05) is 12.1 Å². The highest BCUT2D eigenvalue weighted by molar-refractivity contribution is 5.97. The Balaban J connectivity index is 1.76. The highest BCUT2D eigenvalue weighted by atomic mass is 16.6. The van der Waals surface area contributed by atoms with Gasteiger partial charge in [-0.2, -0.15) is 0 Å². The molecule has 0 saturated heterocycles. The molecule has 2 heterocycles. The Hall–Kier alpha value is -3.48. The van der Waals surface area contributed by atoms with Crippen LogP contribution >= 0.6 is 0 Å². The van der Waals surface area contributed by atoms with Gasteiger partial charge in [0, 0.05) is 26.4 Å². The van der Waals surface area contributed by atoms with Gasteiger partial charge in [0.15, 0.2) is 0 Å². The van der Waals surface area contributed by atoms with Gasteiger partial charge in [-0.25, -0.2) is 4.98 Å². The summed E-state index contributed by atoms with van der Waals surface area (Å²) in [4.78, 5) is 22.0. The lowest BCUT2D eigenvalue weighted by atomic mass is 10.1. The molecule has 7 nitrogen and oxygen atoms in total. The van der Waals surface area contributed by atoms with Gasteiger partial charge in [-0.05, 0) is 30.3 Å². The van der Waals surface area contributed by atoms with E-state index in [0.717, 1.165) is 22.5 Å². The number of fused-ring (bicyclic) bond motifs is 2. The summed E-state index contributed by atoms with van der Waals surface area (Å²) in [6.45, 7) is 0.564. The van der Waals surface area contributed by atoms with Gasteiger partial charge in [0.1, 0.15) is 11.3 Å². The van der Waals surface area contributed by atoms with Crippen LogP contribution in [0.1, 0.15) is 5.82 Å². The Morgan fingerprint density at radius 1 is 1.15 bits per heavy atom. The molecule has 4 aromatic rings. The lowest BCUT2D eigenvalue weighted by molar-refractivity contribution is -0.383. The van der Waals surface area contributed by atoms with Crippen molar-refractivity contribution in [3.63, 3.8) is 0 Å². The van der Waals surface area contributed by atoms with Crippen molar-refractivity contribution in [2.75, 3.05) is 11.9 Å². The molecular formula is C19H17N5O2. The van der Waals surface area contributed by atoms with E-state index in [4.69, 9.17) is 4.98 Å². The largest absolute Gasteiger partial charge is 0.365 e. The van der Waals surface area contributed by atoms with Crippen LogP contribution in [0.5, 0.6) is 0 Å². The summed E-state index contributed by atoms with van der Waals surface area (Å²) in [5, 5.41) is 11.8. The zero-order chi connectivity index (χ0) is 18.3. The van der Waals surface area contributed by atoms with E-state index in [-0.39, 0.29) is 10.6 Å². The average molecular weight is 347 g/mol. The number of aryl methyl sites for hydroxylation is 1. The zero-order valence-corrected chi connectivity index (χ0v) is 14.5. The number of para-hydroxylation sites is 2. The topological polar surface area (TPSA) is 77.1 Å². The number of nitro groups is 1. The van der Waals surface area contributed by atoms with E-state index in [9.17, 15) is 10.1 Å². The first kappa shape index (κ1) is 16.0. The van der Waals surface area contributed by atoms with Crippen LogP contribution in [-0.4, -0.2) is 26.5 Å². The fourth-order valence-corrected chi connectivity index (χ4v) is 3.24. The molecule has 0 radical (unpaired) electrons. The minimum atomic E-state index is -0.376. The molecule has 0 aliphatic heterocycles. The highest BCUT2D eigenvalue weighted by Gasteiger charge is 2.18. The number of hydrogen-bond donors (Lipinski definition) is 0. The van der Waals surface area contributed by atoms with Gasteiger partial charge in [0.2, 0.25) is 0 Å². The summed E-state index contributed by atoms with van der Waals surface area (Å²) in [6.07, 6.45) is 1.65. The summed E-state index contributed by atoms with van der Waals surface area (Å²) < 4.78 is 2.06. The summed E-state index contributed by atoms with van der Waals surface area (Å²) in [6, 6.07) is 14.7. The molecule has 130 valence electrons. The van der Waals surface area contributed by atoms with Crippen molar-refractivity contribution in [2.45, 2.75) is 6.54 Å². The van der Waals surface area contributed by atoms with Crippen LogP contribution in [0.2, 0.25) is 0 Å². The van der Waals surface area contributed by atoms with Crippen LogP contribution in [0, 0.1) is 10.1 Å². The molecule has 0 atom stereocenters. The maximum Gasteiger partial charge on any atom is 0.278 e. The van der Waals surface area contributed by atoms with E-state index < -0.39 is 0 Å². The third-order valence-electron chi connectivity index (χ3n) is 4.59. The molecule has 0 N–H and O–H groups in total. The average Bonchev–Trinajstić information content (AvgIpc) is 2.96. The minimum Gasteiger partial charge on any atom is -0.365 e. The van der Waals surface area contributed by atoms with Crippen molar-refractivity contribution in [2.24, 2.45) is 7.05 Å². The predicted octanol–water partition coefficient (Wildman–Crippen LogP) is 3.67. The Morgan fingerprint density at radius 3 is 2.73 bits per heavy atom. The Morgan fingerprint density at radius 2 is 1.96 bits per heavy atom. The normalized spacial score (nSPS) is 11.2. The van der Waals surface area contributed by atoms with Gasteiger partial charge >= 0.3 is 0 Å². The van der Waals surface area contributed by atoms with Crippen LogP contribution in [0.3, 0.4) is 0 Å². The Labute approximate surface area is 149 Å². The van der Waals surface area contributed by atoms with Gasteiger partial charge < -0.3 is 9.47 Å². The van der Waals surface area contributed by atoms with Crippen molar-refractivity contribution in [3.8, 4) is 0 Å². The maximum absolute atomic E-state index is 11.3. The monoisotopic (exact) mass is 347 g/mol. The third-order valence-corrected chi connectivity index (χ3v) is 4.59. The van der Waals surface area contributed by atoms with Crippen molar-refractivity contribution in [1.82, 2.24) is 14.5 Å². The molecule has 0 fully saturated rings. The SMILES string of the molecule is CN(Cc1nc2ccccc2n1C)c1ccc([N+](=O)[O-])c2cccnc12. The number of pyridine rings is 1.